The molecule has 1 unspecified atom stereocenters. The van der Waals surface area contributed by atoms with E-state index >= 15 is 0 Å². The Balaban J connectivity index is 1.93. The van der Waals surface area contributed by atoms with E-state index in [0.29, 0.717) is 11.7 Å². The van der Waals surface area contributed by atoms with Crippen LogP contribution in [0.5, 0.6) is 0 Å². The van der Waals surface area contributed by atoms with Crippen molar-refractivity contribution >= 4 is 29.3 Å². The van der Waals surface area contributed by atoms with Gasteiger partial charge in [-0.2, -0.15) is 0 Å². The van der Waals surface area contributed by atoms with Gasteiger partial charge in [0.1, 0.15) is 5.78 Å². The number of hydrogen-bond donors (Lipinski definition) is 0. The summed E-state index contributed by atoms with van der Waals surface area (Å²) < 4.78 is 1.45. The largest absolute Gasteiger partial charge is 0.300 e. The molecule has 1 nitrogen and oxygen atoms in total. The van der Waals surface area contributed by atoms with Crippen molar-refractivity contribution in [2.45, 2.75) is 19.3 Å². The van der Waals surface area contributed by atoms with E-state index < -0.39 is 0 Å². The molecule has 0 N–H and O–H groups in total. The van der Waals surface area contributed by atoms with Crippen LogP contribution in [0.4, 0.5) is 0 Å². The zero-order valence-corrected chi connectivity index (χ0v) is 8.55. The third-order valence-electron chi connectivity index (χ3n) is 2.23. The molecule has 0 aromatic heterocycles. The van der Waals surface area contributed by atoms with Crippen molar-refractivity contribution in [2.75, 3.05) is 11.5 Å². The molecule has 0 aromatic carbocycles. The molecule has 66 valence electrons. The van der Waals surface area contributed by atoms with Crippen LogP contribution >= 0.6 is 23.5 Å². The quantitative estimate of drug-likeness (QED) is 0.648. The van der Waals surface area contributed by atoms with Crippen molar-refractivity contribution in [2.24, 2.45) is 5.92 Å². The number of Topliss-reactive ketones (excluding diaryl/α,β-unsaturated/α-hetero) is 1. The first-order valence-electron chi connectivity index (χ1n) is 4.34. The normalized spacial score (nSPS) is 29.8. The Kier molecular flexibility index (Phi) is 2.81. The average Bonchev–Trinajstić information content (AvgIpc) is 2.63. The molecule has 2 fully saturated rings. The molecule has 2 aliphatic rings. The summed E-state index contributed by atoms with van der Waals surface area (Å²) in [6.07, 6.45) is 5.01. The highest BCUT2D eigenvalue weighted by Gasteiger charge is 2.21. The first-order chi connectivity index (χ1) is 5.84. The maximum atomic E-state index is 11.0. The van der Waals surface area contributed by atoms with Crippen molar-refractivity contribution in [3.05, 3.63) is 10.3 Å². The van der Waals surface area contributed by atoms with Crippen molar-refractivity contribution in [1.29, 1.82) is 0 Å². The minimum atomic E-state index is 0.449. The summed E-state index contributed by atoms with van der Waals surface area (Å²) in [6, 6.07) is 0. The Hall–Kier alpha value is 0.110. The molecule has 0 spiro atoms. The SMILES string of the molecule is O=C1CCC(C=C2SCCS2)C1. The molecule has 3 heteroatoms. The van der Waals surface area contributed by atoms with Crippen molar-refractivity contribution < 1.29 is 4.79 Å². The molecule has 0 bridgehead atoms. The van der Waals surface area contributed by atoms with Crippen LogP contribution in [0.1, 0.15) is 19.3 Å². The highest BCUT2D eigenvalue weighted by Crippen LogP contribution is 2.38. The fourth-order valence-electron chi connectivity index (χ4n) is 1.60. The lowest BCUT2D eigenvalue weighted by atomic mass is 10.1. The van der Waals surface area contributed by atoms with Crippen LogP contribution in [0.3, 0.4) is 0 Å². The molecule has 0 radical (unpaired) electrons. The zero-order valence-electron chi connectivity index (χ0n) is 6.91. The number of carbonyl (C=O) groups is 1. The smallest absolute Gasteiger partial charge is 0.133 e. The molecule has 12 heavy (non-hydrogen) atoms. The fraction of sp³-hybridized carbons (Fsp3) is 0.667. The van der Waals surface area contributed by atoms with Crippen LogP contribution in [-0.4, -0.2) is 17.3 Å². The zero-order chi connectivity index (χ0) is 8.39. The monoisotopic (exact) mass is 200 g/mol. The van der Waals surface area contributed by atoms with Crippen molar-refractivity contribution in [3.63, 3.8) is 0 Å². The molecular formula is C9H12OS2. The Morgan fingerprint density at radius 3 is 2.67 bits per heavy atom. The summed E-state index contributed by atoms with van der Waals surface area (Å²) in [7, 11) is 0. The predicted octanol–water partition coefficient (Wildman–Crippen LogP) is 2.68. The molecule has 1 atom stereocenters. The second-order valence-corrected chi connectivity index (χ2v) is 5.76. The summed E-state index contributed by atoms with van der Waals surface area (Å²) in [5.41, 5.74) is 0. The number of rotatable bonds is 1. The first kappa shape index (κ1) is 8.70. The van der Waals surface area contributed by atoms with E-state index in [1.807, 2.05) is 23.5 Å². The van der Waals surface area contributed by atoms with Crippen LogP contribution in [0.2, 0.25) is 0 Å². The minimum Gasteiger partial charge on any atom is -0.300 e. The number of allylic oxidation sites excluding steroid dienone is 1. The number of thioether (sulfide) groups is 2. The molecule has 1 heterocycles. The van der Waals surface area contributed by atoms with Gasteiger partial charge in [-0.3, -0.25) is 4.79 Å². The molecule has 1 saturated carbocycles. The highest BCUT2D eigenvalue weighted by atomic mass is 32.2. The second-order valence-electron chi connectivity index (χ2n) is 3.22. The lowest BCUT2D eigenvalue weighted by Gasteiger charge is -2.00. The van der Waals surface area contributed by atoms with Crippen molar-refractivity contribution in [3.8, 4) is 0 Å². The summed E-state index contributed by atoms with van der Waals surface area (Å²) >= 11 is 3.89. The third kappa shape index (κ3) is 2.07. The maximum Gasteiger partial charge on any atom is 0.133 e. The van der Waals surface area contributed by atoms with Crippen LogP contribution < -0.4 is 0 Å². The fourth-order valence-corrected chi connectivity index (χ4v) is 4.08. The standard InChI is InChI=1S/C9H12OS2/c10-8-2-1-7(5-8)6-9-11-3-4-12-9/h6-7H,1-5H2. The molecule has 1 aliphatic carbocycles. The van der Waals surface area contributed by atoms with Crippen LogP contribution in [0, 0.1) is 5.92 Å². The molecule has 1 saturated heterocycles. The van der Waals surface area contributed by atoms with Gasteiger partial charge in [0.15, 0.2) is 0 Å². The van der Waals surface area contributed by atoms with Gasteiger partial charge in [0.05, 0.1) is 0 Å². The van der Waals surface area contributed by atoms with Gasteiger partial charge < -0.3 is 0 Å². The van der Waals surface area contributed by atoms with Gasteiger partial charge in [0.2, 0.25) is 0 Å². The summed E-state index contributed by atoms with van der Waals surface area (Å²) in [4.78, 5) is 11.0. The Labute approximate surface area is 81.4 Å². The first-order valence-corrected chi connectivity index (χ1v) is 6.31. The molecule has 0 aromatic rings. The van der Waals surface area contributed by atoms with Gasteiger partial charge in [-0.25, -0.2) is 0 Å². The lowest BCUT2D eigenvalue weighted by molar-refractivity contribution is -0.117. The van der Waals surface area contributed by atoms with Crippen LogP contribution in [0.15, 0.2) is 10.3 Å². The summed E-state index contributed by atoms with van der Waals surface area (Å²) in [6.45, 7) is 0. The van der Waals surface area contributed by atoms with Crippen molar-refractivity contribution in [1.82, 2.24) is 0 Å². The number of ketones is 1. The van der Waals surface area contributed by atoms with E-state index in [2.05, 4.69) is 6.08 Å². The Morgan fingerprint density at radius 2 is 2.08 bits per heavy atom. The van der Waals surface area contributed by atoms with E-state index in [1.165, 1.54) is 15.7 Å². The molecule has 0 amide bonds. The third-order valence-corrected chi connectivity index (χ3v) is 4.85. The van der Waals surface area contributed by atoms with Gasteiger partial charge in [-0.05, 0) is 12.3 Å². The summed E-state index contributed by atoms with van der Waals surface area (Å²) in [5.74, 6) is 3.50. The minimum absolute atomic E-state index is 0.449. The lowest BCUT2D eigenvalue weighted by Crippen LogP contribution is -1.90. The van der Waals surface area contributed by atoms with Gasteiger partial charge in [-0.1, -0.05) is 6.08 Å². The number of hydrogen-bond acceptors (Lipinski definition) is 3. The van der Waals surface area contributed by atoms with Gasteiger partial charge in [0.25, 0.3) is 0 Å². The molecule has 1 aliphatic heterocycles. The van der Waals surface area contributed by atoms with E-state index in [4.69, 9.17) is 0 Å². The van der Waals surface area contributed by atoms with E-state index in [1.54, 1.807) is 0 Å². The average molecular weight is 200 g/mol. The van der Waals surface area contributed by atoms with Gasteiger partial charge >= 0.3 is 0 Å². The predicted molar refractivity (Wildman–Crippen MR) is 55.3 cm³/mol. The molecular weight excluding hydrogens is 188 g/mol. The topological polar surface area (TPSA) is 17.1 Å². The van der Waals surface area contributed by atoms with Gasteiger partial charge in [-0.15, -0.1) is 23.5 Å². The van der Waals surface area contributed by atoms with E-state index in [-0.39, 0.29) is 0 Å². The Bertz CT molecular complexity index is 215. The second kappa shape index (κ2) is 3.88. The van der Waals surface area contributed by atoms with E-state index in [9.17, 15) is 4.79 Å². The molecule has 2 rings (SSSR count). The highest BCUT2D eigenvalue weighted by molar-refractivity contribution is 8.25. The number of carbonyl (C=O) groups excluding carboxylic acids is 1. The van der Waals surface area contributed by atoms with Crippen LogP contribution in [-0.2, 0) is 4.79 Å². The maximum absolute atomic E-state index is 11.0. The Morgan fingerprint density at radius 1 is 1.33 bits per heavy atom. The van der Waals surface area contributed by atoms with Crippen LogP contribution in [0.25, 0.3) is 0 Å². The summed E-state index contributed by atoms with van der Waals surface area (Å²) in [5, 5.41) is 0. The van der Waals surface area contributed by atoms with E-state index in [0.717, 1.165) is 19.3 Å². The van der Waals surface area contributed by atoms with Gasteiger partial charge in [0, 0.05) is 28.6 Å².